The quantitative estimate of drug-likeness (QED) is 0.640. The van der Waals surface area contributed by atoms with Gasteiger partial charge in [-0.15, -0.1) is 0 Å². The van der Waals surface area contributed by atoms with Gasteiger partial charge in [0.05, 0.1) is 22.8 Å². The third-order valence-electron chi connectivity index (χ3n) is 2.86. The van der Waals surface area contributed by atoms with E-state index in [0.717, 1.165) is 5.56 Å². The smallest absolute Gasteiger partial charge is 0.292 e. The molecule has 0 aliphatic heterocycles. The van der Waals surface area contributed by atoms with Crippen LogP contribution in [-0.2, 0) is 13.6 Å². The van der Waals surface area contributed by atoms with Crippen LogP contribution in [0, 0.1) is 21.4 Å². The van der Waals surface area contributed by atoms with Gasteiger partial charge in [0.1, 0.15) is 11.5 Å². The molecule has 0 saturated heterocycles. The second kappa shape index (κ2) is 5.27. The van der Waals surface area contributed by atoms with Crippen molar-refractivity contribution in [2.75, 3.05) is 11.1 Å². The molecule has 0 spiro atoms. The zero-order valence-corrected chi connectivity index (χ0v) is 10.7. The number of anilines is 2. The summed E-state index contributed by atoms with van der Waals surface area (Å²) in [4.78, 5) is 10.4. The Hall–Kier alpha value is -3.08. The highest BCUT2D eigenvalue weighted by molar-refractivity contribution is 5.64. The lowest BCUT2D eigenvalue weighted by Crippen LogP contribution is -2.05. The van der Waals surface area contributed by atoms with Crippen LogP contribution in [0.5, 0.6) is 0 Å². The van der Waals surface area contributed by atoms with Crippen LogP contribution < -0.4 is 11.1 Å². The molecule has 3 N–H and O–H groups in total. The maximum Gasteiger partial charge on any atom is 0.292 e. The van der Waals surface area contributed by atoms with Crippen LogP contribution in [0.3, 0.4) is 0 Å². The molecule has 8 heteroatoms. The van der Waals surface area contributed by atoms with E-state index in [-0.39, 0.29) is 17.9 Å². The fraction of sp³-hybridized carbons (Fsp3) is 0.167. The number of benzene rings is 1. The number of nitro benzene ring substituents is 1. The monoisotopic (exact) mass is 272 g/mol. The summed E-state index contributed by atoms with van der Waals surface area (Å²) in [7, 11) is 1.71. The molecule has 0 bridgehead atoms. The molecule has 2 rings (SSSR count). The first-order valence-electron chi connectivity index (χ1n) is 5.71. The van der Waals surface area contributed by atoms with Crippen molar-refractivity contribution in [3.05, 3.63) is 45.6 Å². The maximum atomic E-state index is 10.9. The number of nitro groups is 1. The first kappa shape index (κ1) is 13.4. The number of hydrogen-bond donors (Lipinski definition) is 2. The second-order valence-electron chi connectivity index (χ2n) is 4.13. The van der Waals surface area contributed by atoms with Crippen LogP contribution in [-0.4, -0.2) is 14.7 Å². The minimum absolute atomic E-state index is 0.0912. The Morgan fingerprint density at radius 1 is 1.60 bits per heavy atom. The van der Waals surface area contributed by atoms with Crippen molar-refractivity contribution in [1.82, 2.24) is 9.78 Å². The van der Waals surface area contributed by atoms with Crippen molar-refractivity contribution in [2.24, 2.45) is 7.05 Å². The van der Waals surface area contributed by atoms with E-state index in [1.54, 1.807) is 13.2 Å². The molecule has 0 atom stereocenters. The van der Waals surface area contributed by atoms with Gasteiger partial charge in [0.25, 0.3) is 5.69 Å². The molecule has 1 aromatic carbocycles. The standard InChI is InChI=1S/C12H12N6O2/c1-17-12(14)9(7-16-17)6-15-10-4-8(5-13)2-3-11(10)18(19)20/h2-4,7,15H,6,14H2,1H3. The van der Waals surface area contributed by atoms with Crippen molar-refractivity contribution >= 4 is 17.2 Å². The number of rotatable bonds is 4. The number of nitrogens with two attached hydrogens (primary N) is 1. The molecule has 0 amide bonds. The lowest BCUT2D eigenvalue weighted by atomic mass is 10.2. The van der Waals surface area contributed by atoms with E-state index in [0.29, 0.717) is 11.4 Å². The minimum atomic E-state index is -0.504. The van der Waals surface area contributed by atoms with Gasteiger partial charge in [0, 0.05) is 25.2 Å². The Morgan fingerprint density at radius 2 is 2.35 bits per heavy atom. The third-order valence-corrected chi connectivity index (χ3v) is 2.86. The van der Waals surface area contributed by atoms with Crippen molar-refractivity contribution < 1.29 is 4.92 Å². The van der Waals surface area contributed by atoms with Gasteiger partial charge in [-0.1, -0.05) is 0 Å². The summed E-state index contributed by atoms with van der Waals surface area (Å²) in [6.07, 6.45) is 1.59. The summed E-state index contributed by atoms with van der Waals surface area (Å²) in [6.45, 7) is 0.287. The molecular weight excluding hydrogens is 260 g/mol. The Labute approximate surface area is 114 Å². The molecule has 1 heterocycles. The molecule has 8 nitrogen and oxygen atoms in total. The van der Waals surface area contributed by atoms with E-state index < -0.39 is 4.92 Å². The van der Waals surface area contributed by atoms with E-state index >= 15 is 0 Å². The average Bonchev–Trinajstić information content (AvgIpc) is 2.76. The molecule has 2 aromatic rings. The molecule has 0 radical (unpaired) electrons. The van der Waals surface area contributed by atoms with Gasteiger partial charge in [0.15, 0.2) is 0 Å². The van der Waals surface area contributed by atoms with Crippen molar-refractivity contribution in [3.63, 3.8) is 0 Å². The predicted molar refractivity (Wildman–Crippen MR) is 72.8 cm³/mol. The molecular formula is C12H12N6O2. The van der Waals surface area contributed by atoms with Crippen LogP contribution in [0.4, 0.5) is 17.2 Å². The highest BCUT2D eigenvalue weighted by Crippen LogP contribution is 2.26. The largest absolute Gasteiger partial charge is 0.384 e. The molecule has 1 aromatic heterocycles. The van der Waals surface area contributed by atoms with E-state index in [4.69, 9.17) is 11.0 Å². The number of aromatic nitrogens is 2. The molecule has 0 fully saturated rings. The Balaban J connectivity index is 2.26. The van der Waals surface area contributed by atoms with E-state index in [1.807, 2.05) is 6.07 Å². The van der Waals surface area contributed by atoms with Gasteiger partial charge >= 0.3 is 0 Å². The minimum Gasteiger partial charge on any atom is -0.384 e. The number of nitriles is 1. The highest BCUT2D eigenvalue weighted by atomic mass is 16.6. The van der Waals surface area contributed by atoms with Gasteiger partial charge in [-0.3, -0.25) is 14.8 Å². The van der Waals surface area contributed by atoms with Gasteiger partial charge in [0.2, 0.25) is 0 Å². The lowest BCUT2D eigenvalue weighted by molar-refractivity contribution is -0.384. The van der Waals surface area contributed by atoms with Crippen LogP contribution in [0.2, 0.25) is 0 Å². The number of hydrogen-bond acceptors (Lipinski definition) is 6. The summed E-state index contributed by atoms with van der Waals surface area (Å²) in [5, 5.41) is 26.7. The fourth-order valence-corrected chi connectivity index (χ4v) is 1.73. The first-order valence-corrected chi connectivity index (χ1v) is 5.71. The highest BCUT2D eigenvalue weighted by Gasteiger charge is 2.15. The average molecular weight is 272 g/mol. The summed E-state index contributed by atoms with van der Waals surface area (Å²) in [6, 6.07) is 6.08. The molecule has 0 aliphatic carbocycles. The van der Waals surface area contributed by atoms with E-state index in [1.165, 1.54) is 22.9 Å². The van der Waals surface area contributed by atoms with Gasteiger partial charge < -0.3 is 11.1 Å². The molecule has 102 valence electrons. The fourth-order valence-electron chi connectivity index (χ4n) is 1.73. The maximum absolute atomic E-state index is 10.9. The van der Waals surface area contributed by atoms with Crippen molar-refractivity contribution in [2.45, 2.75) is 6.54 Å². The van der Waals surface area contributed by atoms with Crippen LogP contribution in [0.25, 0.3) is 0 Å². The van der Waals surface area contributed by atoms with Crippen molar-refractivity contribution in [1.29, 1.82) is 5.26 Å². The predicted octanol–water partition coefficient (Wildman–Crippen LogP) is 1.39. The van der Waals surface area contributed by atoms with Crippen LogP contribution in [0.1, 0.15) is 11.1 Å². The number of nitrogen functional groups attached to an aromatic ring is 1. The molecule has 0 aliphatic rings. The lowest BCUT2D eigenvalue weighted by Gasteiger charge is -2.07. The van der Waals surface area contributed by atoms with Gasteiger partial charge in [-0.05, 0) is 12.1 Å². The Bertz CT molecular complexity index is 700. The summed E-state index contributed by atoms with van der Waals surface area (Å²) < 4.78 is 1.51. The number of nitrogens with zero attached hydrogens (tertiary/aromatic N) is 4. The molecule has 20 heavy (non-hydrogen) atoms. The summed E-state index contributed by atoms with van der Waals surface area (Å²) in [5.41, 5.74) is 7.05. The normalized spacial score (nSPS) is 10.0. The number of nitrogens with one attached hydrogen (secondary N) is 1. The van der Waals surface area contributed by atoms with E-state index in [9.17, 15) is 10.1 Å². The molecule has 0 unspecified atom stereocenters. The number of aryl methyl sites for hydroxylation is 1. The summed E-state index contributed by atoms with van der Waals surface area (Å²) in [5.74, 6) is 0.483. The Morgan fingerprint density at radius 3 is 2.90 bits per heavy atom. The van der Waals surface area contributed by atoms with Crippen molar-refractivity contribution in [3.8, 4) is 6.07 Å². The zero-order valence-electron chi connectivity index (χ0n) is 10.7. The van der Waals surface area contributed by atoms with Gasteiger partial charge in [-0.2, -0.15) is 10.4 Å². The Kier molecular flexibility index (Phi) is 3.52. The first-order chi connectivity index (χ1) is 9.52. The van der Waals surface area contributed by atoms with E-state index in [2.05, 4.69) is 10.4 Å². The zero-order chi connectivity index (χ0) is 14.7. The topological polar surface area (TPSA) is 123 Å². The van der Waals surface area contributed by atoms with Crippen LogP contribution >= 0.6 is 0 Å². The third kappa shape index (κ3) is 2.51. The summed E-state index contributed by atoms with van der Waals surface area (Å²) >= 11 is 0. The van der Waals surface area contributed by atoms with Crippen LogP contribution in [0.15, 0.2) is 24.4 Å². The molecule has 0 saturated carbocycles. The second-order valence-corrected chi connectivity index (χ2v) is 4.13. The van der Waals surface area contributed by atoms with Gasteiger partial charge in [-0.25, -0.2) is 0 Å². The SMILES string of the molecule is Cn1ncc(CNc2cc(C#N)ccc2[N+](=O)[O-])c1N.